The number of rotatable bonds is 6. The number of anilines is 1. The Kier molecular flexibility index (Phi) is 6.55. The van der Waals surface area contributed by atoms with Crippen molar-refractivity contribution >= 4 is 56.2 Å². The molecule has 5 nitrogen and oxygen atoms in total. The van der Waals surface area contributed by atoms with Gasteiger partial charge in [-0.2, -0.15) is 5.10 Å². The molecule has 160 valence electrons. The molecule has 0 aliphatic carbocycles. The van der Waals surface area contributed by atoms with Crippen molar-refractivity contribution in [3.63, 3.8) is 0 Å². The summed E-state index contributed by atoms with van der Waals surface area (Å²) in [4.78, 5) is 0.209. The molecule has 1 aliphatic rings. The Balaban J connectivity index is 1.62. The topological polar surface area (TPSA) is 61.8 Å². The Hall–Kier alpha value is -2.09. The minimum absolute atomic E-state index is 0.0863. The number of nitrogens with zero attached hydrogens (tertiary/aromatic N) is 2. The number of halogens is 3. The largest absolute Gasteiger partial charge is 0.256 e. The molecule has 31 heavy (non-hydrogen) atoms. The second-order valence-corrected chi connectivity index (χ2v) is 10.1. The highest BCUT2D eigenvalue weighted by Crippen LogP contribution is 2.39. The van der Waals surface area contributed by atoms with Crippen molar-refractivity contribution in [1.29, 1.82) is 0 Å². The second-order valence-electron chi connectivity index (χ2n) is 7.02. The molecule has 1 atom stereocenters. The Morgan fingerprint density at radius 1 is 0.935 bits per heavy atom. The summed E-state index contributed by atoms with van der Waals surface area (Å²) < 4.78 is 27.8. The third kappa shape index (κ3) is 5.05. The van der Waals surface area contributed by atoms with Crippen LogP contribution in [-0.2, 0) is 10.0 Å². The van der Waals surface area contributed by atoms with Crippen LogP contribution >= 0.6 is 34.8 Å². The Bertz CT molecular complexity index is 1220. The number of nitrogens with one attached hydrogen (secondary N) is 1. The zero-order chi connectivity index (χ0) is 22.0. The van der Waals surface area contributed by atoms with E-state index in [0.717, 1.165) is 5.56 Å². The highest BCUT2D eigenvalue weighted by atomic mass is 35.5. The van der Waals surface area contributed by atoms with E-state index in [-0.39, 0.29) is 17.5 Å². The Labute approximate surface area is 196 Å². The third-order valence-corrected chi connectivity index (χ3v) is 7.11. The standard InChI is InChI=1S/C22H18Cl3N3O2S/c23-16-8-6-15(7-9-16)22-13-18(14-26-31(29,30)19-4-2-1-3-5-19)27-28(22)21-11-10-17(24)12-20(21)25/h1-12,22,26H,13-14H2/t22-/m0/s1. The molecule has 0 saturated carbocycles. The van der Waals surface area contributed by atoms with Gasteiger partial charge in [0.1, 0.15) is 0 Å². The van der Waals surface area contributed by atoms with Crippen LogP contribution in [0.5, 0.6) is 0 Å². The lowest BCUT2D eigenvalue weighted by Gasteiger charge is -2.25. The van der Waals surface area contributed by atoms with Gasteiger partial charge in [-0.1, -0.05) is 65.1 Å². The van der Waals surface area contributed by atoms with Crippen LogP contribution in [0.2, 0.25) is 15.1 Å². The first-order chi connectivity index (χ1) is 14.8. The molecule has 0 spiro atoms. The molecule has 9 heteroatoms. The minimum atomic E-state index is -3.64. The summed E-state index contributed by atoms with van der Waals surface area (Å²) in [5.74, 6) is 0. The Morgan fingerprint density at radius 2 is 1.61 bits per heavy atom. The molecular weight excluding hydrogens is 477 g/mol. The van der Waals surface area contributed by atoms with E-state index in [0.29, 0.717) is 32.9 Å². The van der Waals surface area contributed by atoms with E-state index in [1.807, 2.05) is 24.3 Å². The summed E-state index contributed by atoms with van der Waals surface area (Å²) in [7, 11) is -3.64. The van der Waals surface area contributed by atoms with Gasteiger partial charge in [-0.15, -0.1) is 0 Å². The van der Waals surface area contributed by atoms with E-state index in [9.17, 15) is 8.42 Å². The Morgan fingerprint density at radius 3 is 2.29 bits per heavy atom. The zero-order valence-electron chi connectivity index (χ0n) is 16.2. The second kappa shape index (κ2) is 9.18. The first kappa shape index (κ1) is 22.1. The van der Waals surface area contributed by atoms with Gasteiger partial charge >= 0.3 is 0 Å². The molecule has 0 amide bonds. The number of hydrogen-bond acceptors (Lipinski definition) is 4. The van der Waals surface area contributed by atoms with E-state index in [4.69, 9.17) is 34.8 Å². The molecule has 0 fully saturated rings. The van der Waals surface area contributed by atoms with Crippen molar-refractivity contribution < 1.29 is 8.42 Å². The predicted molar refractivity (Wildman–Crippen MR) is 127 cm³/mol. The fraction of sp³-hybridized carbons (Fsp3) is 0.136. The van der Waals surface area contributed by atoms with Crippen LogP contribution in [0, 0.1) is 0 Å². The molecule has 1 heterocycles. The summed E-state index contributed by atoms with van der Waals surface area (Å²) >= 11 is 18.5. The highest BCUT2D eigenvalue weighted by Gasteiger charge is 2.31. The van der Waals surface area contributed by atoms with Crippen molar-refractivity contribution in [2.75, 3.05) is 11.6 Å². The van der Waals surface area contributed by atoms with Gasteiger partial charge < -0.3 is 0 Å². The van der Waals surface area contributed by atoms with Crippen LogP contribution in [0.25, 0.3) is 0 Å². The van der Waals surface area contributed by atoms with Gasteiger partial charge in [0.25, 0.3) is 0 Å². The third-order valence-electron chi connectivity index (χ3n) is 4.90. The van der Waals surface area contributed by atoms with E-state index in [2.05, 4.69) is 9.82 Å². The molecule has 3 aromatic carbocycles. The zero-order valence-corrected chi connectivity index (χ0v) is 19.3. The number of hydrazone groups is 1. The average Bonchev–Trinajstić information content (AvgIpc) is 3.17. The summed E-state index contributed by atoms with van der Waals surface area (Å²) in [6, 6.07) is 20.8. The number of sulfonamides is 1. The lowest BCUT2D eigenvalue weighted by atomic mass is 10.0. The molecule has 3 aromatic rings. The molecule has 0 unspecified atom stereocenters. The molecular formula is C22H18Cl3N3O2S. The number of hydrogen-bond donors (Lipinski definition) is 1. The maximum atomic E-state index is 12.6. The van der Waals surface area contributed by atoms with Crippen molar-refractivity contribution in [3.8, 4) is 0 Å². The maximum absolute atomic E-state index is 12.6. The molecule has 0 aromatic heterocycles. The van der Waals surface area contributed by atoms with Gasteiger partial charge in [-0.05, 0) is 48.0 Å². The van der Waals surface area contributed by atoms with Crippen molar-refractivity contribution in [3.05, 3.63) is 93.4 Å². The smallest absolute Gasteiger partial charge is 0.240 e. The molecule has 0 bridgehead atoms. The fourth-order valence-electron chi connectivity index (χ4n) is 3.37. The predicted octanol–water partition coefficient (Wildman–Crippen LogP) is 5.93. The van der Waals surface area contributed by atoms with Crippen LogP contribution in [0.15, 0.2) is 82.8 Å². The molecule has 1 N–H and O–H groups in total. The van der Waals surface area contributed by atoms with Gasteiger partial charge in [0.2, 0.25) is 10.0 Å². The van der Waals surface area contributed by atoms with Crippen molar-refractivity contribution in [2.24, 2.45) is 5.10 Å². The molecule has 1 aliphatic heterocycles. The van der Waals surface area contributed by atoms with E-state index < -0.39 is 10.0 Å². The SMILES string of the molecule is O=S(=O)(NCC1=NN(c2ccc(Cl)cc2Cl)[C@H](c2ccc(Cl)cc2)C1)c1ccccc1. The number of benzene rings is 3. The van der Waals surface area contributed by atoms with Crippen LogP contribution in [0.4, 0.5) is 5.69 Å². The van der Waals surface area contributed by atoms with Crippen LogP contribution in [0.3, 0.4) is 0 Å². The summed E-state index contributed by atoms with van der Waals surface area (Å²) in [6.07, 6.45) is 0.526. The fourth-order valence-corrected chi connectivity index (χ4v) is 5.03. The van der Waals surface area contributed by atoms with E-state index >= 15 is 0 Å². The molecule has 0 saturated heterocycles. The van der Waals surface area contributed by atoms with Gasteiger partial charge in [0.15, 0.2) is 0 Å². The minimum Gasteiger partial charge on any atom is -0.256 e. The van der Waals surface area contributed by atoms with Crippen LogP contribution in [0.1, 0.15) is 18.0 Å². The van der Waals surface area contributed by atoms with Gasteiger partial charge in [-0.3, -0.25) is 5.01 Å². The first-order valence-electron chi connectivity index (χ1n) is 9.44. The van der Waals surface area contributed by atoms with Crippen molar-refractivity contribution in [1.82, 2.24) is 4.72 Å². The van der Waals surface area contributed by atoms with Crippen molar-refractivity contribution in [2.45, 2.75) is 17.4 Å². The van der Waals surface area contributed by atoms with Crippen LogP contribution < -0.4 is 9.73 Å². The van der Waals surface area contributed by atoms with E-state index in [1.54, 1.807) is 53.5 Å². The van der Waals surface area contributed by atoms with Gasteiger partial charge in [0, 0.05) is 16.5 Å². The summed E-state index contributed by atoms with van der Waals surface area (Å²) in [5.41, 5.74) is 2.36. The average molecular weight is 495 g/mol. The lowest BCUT2D eigenvalue weighted by molar-refractivity contribution is 0.586. The van der Waals surface area contributed by atoms with E-state index in [1.165, 1.54) is 0 Å². The van der Waals surface area contributed by atoms with Crippen LogP contribution in [-0.4, -0.2) is 20.7 Å². The normalized spacial score (nSPS) is 16.4. The van der Waals surface area contributed by atoms with Gasteiger partial charge in [0.05, 0.1) is 33.9 Å². The monoisotopic (exact) mass is 493 g/mol. The van der Waals surface area contributed by atoms with Gasteiger partial charge in [-0.25, -0.2) is 13.1 Å². The molecule has 0 radical (unpaired) electrons. The maximum Gasteiger partial charge on any atom is 0.240 e. The lowest BCUT2D eigenvalue weighted by Crippen LogP contribution is -2.29. The highest BCUT2D eigenvalue weighted by molar-refractivity contribution is 7.89. The molecule has 4 rings (SSSR count). The first-order valence-corrected chi connectivity index (χ1v) is 12.1. The quantitative estimate of drug-likeness (QED) is 0.462. The summed E-state index contributed by atoms with van der Waals surface area (Å²) in [5, 5.41) is 8.11. The summed E-state index contributed by atoms with van der Waals surface area (Å²) in [6.45, 7) is 0.0863.